The molecular formula is C12H12O4. The van der Waals surface area contributed by atoms with Crippen LogP contribution in [-0.2, 0) is 11.2 Å². The standard InChI is InChI=1S/C12H12O4/c1-2-9(13)7-3-4-10-8(5-7)6-11(16-10)12(14)15/h3-5,11H,2,6H2,1H3,(H,14,15). The Kier molecular flexibility index (Phi) is 2.64. The van der Waals surface area contributed by atoms with Crippen LogP contribution < -0.4 is 4.74 Å². The number of rotatable bonds is 3. The molecule has 1 aromatic carbocycles. The highest BCUT2D eigenvalue weighted by Gasteiger charge is 2.29. The zero-order valence-electron chi connectivity index (χ0n) is 8.90. The van der Waals surface area contributed by atoms with E-state index < -0.39 is 12.1 Å². The fourth-order valence-electron chi connectivity index (χ4n) is 1.76. The smallest absolute Gasteiger partial charge is 0.345 e. The molecule has 0 saturated carbocycles. The van der Waals surface area contributed by atoms with E-state index in [9.17, 15) is 9.59 Å². The lowest BCUT2D eigenvalue weighted by Crippen LogP contribution is -2.24. The Morgan fingerprint density at radius 1 is 1.50 bits per heavy atom. The minimum absolute atomic E-state index is 0.0570. The fourth-order valence-corrected chi connectivity index (χ4v) is 1.76. The predicted molar refractivity (Wildman–Crippen MR) is 56.8 cm³/mol. The summed E-state index contributed by atoms with van der Waals surface area (Å²) in [4.78, 5) is 22.2. The van der Waals surface area contributed by atoms with E-state index in [1.807, 2.05) is 0 Å². The van der Waals surface area contributed by atoms with Crippen molar-refractivity contribution in [3.05, 3.63) is 29.3 Å². The van der Waals surface area contributed by atoms with Crippen molar-refractivity contribution in [1.82, 2.24) is 0 Å². The van der Waals surface area contributed by atoms with Crippen LogP contribution in [0.2, 0.25) is 0 Å². The van der Waals surface area contributed by atoms with Crippen molar-refractivity contribution in [2.45, 2.75) is 25.9 Å². The quantitative estimate of drug-likeness (QED) is 0.787. The van der Waals surface area contributed by atoms with Crippen LogP contribution in [0.15, 0.2) is 18.2 Å². The normalized spacial score (nSPS) is 17.7. The Morgan fingerprint density at radius 3 is 2.88 bits per heavy atom. The first kappa shape index (κ1) is 10.7. The summed E-state index contributed by atoms with van der Waals surface area (Å²) in [7, 11) is 0. The van der Waals surface area contributed by atoms with Crippen molar-refractivity contribution in [2.75, 3.05) is 0 Å². The van der Waals surface area contributed by atoms with Crippen molar-refractivity contribution < 1.29 is 19.4 Å². The number of hydrogen-bond donors (Lipinski definition) is 1. The van der Waals surface area contributed by atoms with Crippen LogP contribution in [0.1, 0.15) is 29.3 Å². The molecule has 0 fully saturated rings. The van der Waals surface area contributed by atoms with Gasteiger partial charge in [0.05, 0.1) is 0 Å². The van der Waals surface area contributed by atoms with E-state index in [2.05, 4.69) is 0 Å². The van der Waals surface area contributed by atoms with Gasteiger partial charge in [-0.05, 0) is 23.8 Å². The number of carboxylic acids is 1. The molecule has 1 N–H and O–H groups in total. The van der Waals surface area contributed by atoms with Gasteiger partial charge in [0.2, 0.25) is 0 Å². The van der Waals surface area contributed by atoms with Crippen molar-refractivity contribution >= 4 is 11.8 Å². The number of aliphatic carboxylic acids is 1. The average molecular weight is 220 g/mol. The van der Waals surface area contributed by atoms with Crippen LogP contribution in [0.5, 0.6) is 5.75 Å². The van der Waals surface area contributed by atoms with Crippen molar-refractivity contribution in [3.8, 4) is 5.75 Å². The SMILES string of the molecule is CCC(=O)c1ccc2c(c1)CC(C(=O)O)O2. The lowest BCUT2D eigenvalue weighted by Gasteiger charge is -2.03. The highest BCUT2D eigenvalue weighted by Crippen LogP contribution is 2.29. The third-order valence-electron chi connectivity index (χ3n) is 2.65. The molecule has 1 aliphatic heterocycles. The number of carbonyl (C=O) groups is 2. The molecule has 84 valence electrons. The van der Waals surface area contributed by atoms with Crippen LogP contribution in [-0.4, -0.2) is 23.0 Å². The van der Waals surface area contributed by atoms with Crippen molar-refractivity contribution in [1.29, 1.82) is 0 Å². The number of ether oxygens (including phenoxy) is 1. The highest BCUT2D eigenvalue weighted by molar-refractivity contribution is 5.96. The van der Waals surface area contributed by atoms with E-state index in [0.717, 1.165) is 5.56 Å². The topological polar surface area (TPSA) is 63.6 Å². The lowest BCUT2D eigenvalue weighted by molar-refractivity contribution is -0.144. The number of hydrogen-bond acceptors (Lipinski definition) is 3. The predicted octanol–water partition coefficient (Wildman–Crippen LogP) is 1.67. The van der Waals surface area contributed by atoms with E-state index in [1.165, 1.54) is 0 Å². The second-order valence-electron chi connectivity index (χ2n) is 3.75. The summed E-state index contributed by atoms with van der Waals surface area (Å²) in [5.41, 5.74) is 1.42. The van der Waals surface area contributed by atoms with E-state index in [-0.39, 0.29) is 5.78 Å². The first-order valence-corrected chi connectivity index (χ1v) is 5.17. The molecule has 0 radical (unpaired) electrons. The monoisotopic (exact) mass is 220 g/mol. The summed E-state index contributed by atoms with van der Waals surface area (Å²) in [5.74, 6) is -0.346. The summed E-state index contributed by atoms with van der Waals surface area (Å²) in [5, 5.41) is 8.82. The maximum atomic E-state index is 11.5. The molecule has 16 heavy (non-hydrogen) atoms. The van der Waals surface area contributed by atoms with Gasteiger partial charge in [-0.1, -0.05) is 6.92 Å². The summed E-state index contributed by atoms with van der Waals surface area (Å²) in [6.07, 6.45) is -0.0423. The molecule has 1 heterocycles. The van der Waals surface area contributed by atoms with Gasteiger partial charge < -0.3 is 9.84 Å². The van der Waals surface area contributed by atoms with Crippen LogP contribution >= 0.6 is 0 Å². The van der Waals surface area contributed by atoms with Gasteiger partial charge in [0.15, 0.2) is 11.9 Å². The first-order chi connectivity index (χ1) is 7.61. The fraction of sp³-hybridized carbons (Fsp3) is 0.333. The zero-order chi connectivity index (χ0) is 11.7. The molecule has 4 nitrogen and oxygen atoms in total. The number of fused-ring (bicyclic) bond motifs is 1. The second-order valence-corrected chi connectivity index (χ2v) is 3.75. The largest absolute Gasteiger partial charge is 0.478 e. The van der Waals surface area contributed by atoms with Crippen LogP contribution in [0.4, 0.5) is 0 Å². The van der Waals surface area contributed by atoms with Gasteiger partial charge in [-0.15, -0.1) is 0 Å². The molecule has 0 aliphatic carbocycles. The molecule has 0 spiro atoms. The average Bonchev–Trinajstić information content (AvgIpc) is 2.70. The van der Waals surface area contributed by atoms with Crippen LogP contribution in [0, 0.1) is 0 Å². The zero-order valence-corrected chi connectivity index (χ0v) is 8.90. The summed E-state index contributed by atoms with van der Waals surface area (Å²) >= 11 is 0. The third kappa shape index (κ3) is 1.78. The summed E-state index contributed by atoms with van der Waals surface area (Å²) < 4.78 is 5.23. The van der Waals surface area contributed by atoms with E-state index in [4.69, 9.17) is 9.84 Å². The third-order valence-corrected chi connectivity index (χ3v) is 2.65. The number of ketones is 1. The molecule has 1 atom stereocenters. The van der Waals surface area contributed by atoms with Gasteiger partial charge in [0, 0.05) is 18.4 Å². The molecule has 2 rings (SSSR count). The van der Waals surface area contributed by atoms with Gasteiger partial charge >= 0.3 is 5.97 Å². The van der Waals surface area contributed by atoms with Gasteiger partial charge in [0.25, 0.3) is 0 Å². The molecule has 1 unspecified atom stereocenters. The van der Waals surface area contributed by atoms with E-state index >= 15 is 0 Å². The number of benzene rings is 1. The number of carbonyl (C=O) groups excluding carboxylic acids is 1. The Labute approximate surface area is 92.8 Å². The Hall–Kier alpha value is -1.84. The molecule has 0 saturated heterocycles. The minimum atomic E-state index is -0.973. The molecular weight excluding hydrogens is 208 g/mol. The Bertz CT molecular complexity index is 450. The van der Waals surface area contributed by atoms with Crippen LogP contribution in [0.25, 0.3) is 0 Å². The first-order valence-electron chi connectivity index (χ1n) is 5.17. The highest BCUT2D eigenvalue weighted by atomic mass is 16.5. The van der Waals surface area contributed by atoms with E-state index in [0.29, 0.717) is 24.2 Å². The second kappa shape index (κ2) is 3.96. The minimum Gasteiger partial charge on any atom is -0.478 e. The molecule has 1 aliphatic rings. The van der Waals surface area contributed by atoms with Gasteiger partial charge in [-0.3, -0.25) is 4.79 Å². The molecule has 0 amide bonds. The number of carboxylic acid groups (broad SMARTS) is 1. The summed E-state index contributed by atoms with van der Waals surface area (Å²) in [6.45, 7) is 1.80. The number of Topliss-reactive ketones (excluding diaryl/α,β-unsaturated/α-hetero) is 1. The Balaban J connectivity index is 2.27. The maximum absolute atomic E-state index is 11.5. The van der Waals surface area contributed by atoms with Gasteiger partial charge in [0.1, 0.15) is 5.75 Å². The maximum Gasteiger partial charge on any atom is 0.345 e. The van der Waals surface area contributed by atoms with Crippen LogP contribution in [0.3, 0.4) is 0 Å². The molecule has 1 aromatic rings. The molecule has 0 bridgehead atoms. The van der Waals surface area contributed by atoms with Crippen molar-refractivity contribution in [3.63, 3.8) is 0 Å². The lowest BCUT2D eigenvalue weighted by atomic mass is 10.0. The van der Waals surface area contributed by atoms with Crippen molar-refractivity contribution in [2.24, 2.45) is 0 Å². The summed E-state index contributed by atoms with van der Waals surface area (Å²) in [6, 6.07) is 5.07. The van der Waals surface area contributed by atoms with E-state index in [1.54, 1.807) is 25.1 Å². The molecule has 4 heteroatoms. The Morgan fingerprint density at radius 2 is 2.25 bits per heavy atom. The van der Waals surface area contributed by atoms with Gasteiger partial charge in [-0.2, -0.15) is 0 Å². The van der Waals surface area contributed by atoms with Gasteiger partial charge in [-0.25, -0.2) is 4.79 Å². The molecule has 0 aromatic heterocycles.